The quantitative estimate of drug-likeness (QED) is 0.517. The summed E-state index contributed by atoms with van der Waals surface area (Å²) in [6, 6.07) is 5.58. The molecule has 1 rings (SSSR count). The Balaban J connectivity index is 2.41. The van der Waals surface area contributed by atoms with E-state index in [1.54, 1.807) is 13.8 Å². The summed E-state index contributed by atoms with van der Waals surface area (Å²) in [6.45, 7) is 3.98. The number of carboxylic acids is 1. The van der Waals surface area contributed by atoms with Crippen LogP contribution in [0, 0.1) is 0 Å². The molecule has 0 unspecified atom stereocenters. The Labute approximate surface area is 148 Å². The summed E-state index contributed by atoms with van der Waals surface area (Å²) in [6.07, 6.45) is 3.26. The maximum Gasteiger partial charge on any atom is 0.303 e. The first-order valence-corrected chi connectivity index (χ1v) is 9.83. The van der Waals surface area contributed by atoms with Gasteiger partial charge in [-0.05, 0) is 51.0 Å². The predicted molar refractivity (Wildman–Crippen MR) is 95.0 cm³/mol. The van der Waals surface area contributed by atoms with Gasteiger partial charge in [0.1, 0.15) is 0 Å². The van der Waals surface area contributed by atoms with Crippen molar-refractivity contribution < 1.29 is 23.1 Å². The minimum absolute atomic E-state index is 0.121. The highest BCUT2D eigenvalue weighted by Gasteiger charge is 2.15. The van der Waals surface area contributed by atoms with Gasteiger partial charge in [-0.25, -0.2) is 13.1 Å². The van der Waals surface area contributed by atoms with E-state index in [1.807, 2.05) is 0 Å². The first kappa shape index (κ1) is 21.1. The molecular weight excluding hydrogens is 344 g/mol. The van der Waals surface area contributed by atoms with Crippen molar-refractivity contribution in [2.75, 3.05) is 6.54 Å². The van der Waals surface area contributed by atoms with E-state index in [1.165, 1.54) is 24.3 Å². The van der Waals surface area contributed by atoms with E-state index in [-0.39, 0.29) is 23.3 Å². The van der Waals surface area contributed by atoms with Crippen LogP contribution in [0.5, 0.6) is 0 Å². The highest BCUT2D eigenvalue weighted by Crippen LogP contribution is 2.11. The van der Waals surface area contributed by atoms with Crippen molar-refractivity contribution in [3.8, 4) is 0 Å². The van der Waals surface area contributed by atoms with Crippen molar-refractivity contribution in [3.63, 3.8) is 0 Å². The maximum absolute atomic E-state index is 12.0. The molecule has 0 heterocycles. The number of benzene rings is 1. The van der Waals surface area contributed by atoms with Gasteiger partial charge >= 0.3 is 5.97 Å². The van der Waals surface area contributed by atoms with E-state index in [0.717, 1.165) is 19.3 Å². The molecule has 0 fully saturated rings. The minimum atomic E-state index is -3.56. The molecule has 1 aromatic carbocycles. The topological polar surface area (TPSA) is 113 Å². The lowest BCUT2D eigenvalue weighted by Crippen LogP contribution is -2.30. The first-order chi connectivity index (χ1) is 11.7. The Hall–Kier alpha value is -1.93. The molecule has 3 N–H and O–H groups in total. The molecule has 0 aliphatic rings. The van der Waals surface area contributed by atoms with Crippen molar-refractivity contribution in [1.82, 2.24) is 10.0 Å². The summed E-state index contributed by atoms with van der Waals surface area (Å²) in [7, 11) is -3.56. The van der Waals surface area contributed by atoms with Gasteiger partial charge in [0.25, 0.3) is 5.91 Å². The third-order valence-electron chi connectivity index (χ3n) is 3.42. The number of carboxylic acid groups (broad SMARTS) is 1. The number of rotatable bonds is 11. The molecule has 1 aromatic rings. The van der Waals surface area contributed by atoms with Gasteiger partial charge in [-0.1, -0.05) is 12.8 Å². The number of hydrogen-bond acceptors (Lipinski definition) is 4. The van der Waals surface area contributed by atoms with Crippen LogP contribution in [0.25, 0.3) is 0 Å². The molecule has 7 nitrogen and oxygen atoms in total. The molecule has 0 saturated heterocycles. The van der Waals surface area contributed by atoms with Crippen LogP contribution in [0.4, 0.5) is 0 Å². The van der Waals surface area contributed by atoms with Crippen LogP contribution in [-0.2, 0) is 14.8 Å². The Kier molecular flexibility index (Phi) is 8.57. The largest absolute Gasteiger partial charge is 0.481 e. The summed E-state index contributed by atoms with van der Waals surface area (Å²) < 4.78 is 26.5. The summed E-state index contributed by atoms with van der Waals surface area (Å²) >= 11 is 0. The normalized spacial score (nSPS) is 11.5. The van der Waals surface area contributed by atoms with Gasteiger partial charge < -0.3 is 10.4 Å². The fourth-order valence-corrected chi connectivity index (χ4v) is 3.47. The molecule has 0 aromatic heterocycles. The lowest BCUT2D eigenvalue weighted by Gasteiger charge is -2.10. The summed E-state index contributed by atoms with van der Waals surface area (Å²) in [5.41, 5.74) is 0.398. The van der Waals surface area contributed by atoms with Gasteiger partial charge in [-0.2, -0.15) is 0 Å². The SMILES string of the molecule is CC(C)NS(=O)(=O)c1ccc(C(=O)NCCCCCCC(=O)O)cc1. The first-order valence-electron chi connectivity index (χ1n) is 8.35. The predicted octanol–water partition coefficient (Wildman–Crippen LogP) is 2.14. The second-order valence-corrected chi connectivity index (χ2v) is 7.83. The lowest BCUT2D eigenvalue weighted by atomic mass is 10.1. The number of unbranched alkanes of at least 4 members (excludes halogenated alkanes) is 3. The van der Waals surface area contributed by atoms with Gasteiger partial charge in [0.2, 0.25) is 10.0 Å². The zero-order chi connectivity index (χ0) is 18.9. The molecule has 0 aliphatic carbocycles. The van der Waals surface area contributed by atoms with Crippen LogP contribution in [0.1, 0.15) is 56.3 Å². The van der Waals surface area contributed by atoms with Gasteiger partial charge in [-0.3, -0.25) is 9.59 Å². The highest BCUT2D eigenvalue weighted by molar-refractivity contribution is 7.89. The molecule has 140 valence electrons. The third-order valence-corrected chi connectivity index (χ3v) is 5.10. The number of aliphatic carboxylic acids is 1. The molecule has 25 heavy (non-hydrogen) atoms. The molecule has 0 radical (unpaired) electrons. The molecule has 0 bridgehead atoms. The average Bonchev–Trinajstić information content (AvgIpc) is 2.52. The fraction of sp³-hybridized carbons (Fsp3) is 0.529. The van der Waals surface area contributed by atoms with Crippen molar-refractivity contribution in [2.24, 2.45) is 0 Å². The second kappa shape index (κ2) is 10.1. The van der Waals surface area contributed by atoms with Crippen LogP contribution in [-0.4, -0.2) is 38.0 Å². The number of nitrogens with one attached hydrogen (secondary N) is 2. The van der Waals surface area contributed by atoms with Crippen molar-refractivity contribution >= 4 is 21.9 Å². The number of sulfonamides is 1. The standard InChI is InChI=1S/C17H26N2O5S/c1-13(2)19-25(23,24)15-10-8-14(9-11-15)17(22)18-12-6-4-3-5-7-16(20)21/h8-11,13,19H,3-7,12H2,1-2H3,(H,18,22)(H,20,21). The molecule has 0 spiro atoms. The van der Waals surface area contributed by atoms with Gasteiger partial charge in [0.05, 0.1) is 4.90 Å². The van der Waals surface area contributed by atoms with E-state index in [2.05, 4.69) is 10.0 Å². The van der Waals surface area contributed by atoms with Crippen LogP contribution < -0.4 is 10.0 Å². The van der Waals surface area contributed by atoms with Crippen LogP contribution >= 0.6 is 0 Å². The van der Waals surface area contributed by atoms with Crippen molar-refractivity contribution in [2.45, 2.75) is 56.9 Å². The third kappa shape index (κ3) is 8.13. The van der Waals surface area contributed by atoms with Crippen molar-refractivity contribution in [3.05, 3.63) is 29.8 Å². The Morgan fingerprint density at radius 2 is 1.64 bits per heavy atom. The van der Waals surface area contributed by atoms with Crippen LogP contribution in [0.3, 0.4) is 0 Å². The molecule has 1 amide bonds. The van der Waals surface area contributed by atoms with E-state index in [0.29, 0.717) is 18.5 Å². The summed E-state index contributed by atoms with van der Waals surface area (Å²) in [5, 5.41) is 11.3. The zero-order valence-corrected chi connectivity index (χ0v) is 15.4. The highest BCUT2D eigenvalue weighted by atomic mass is 32.2. The number of carbonyl (C=O) groups excluding carboxylic acids is 1. The van der Waals surface area contributed by atoms with Gasteiger partial charge in [0.15, 0.2) is 0 Å². The maximum atomic E-state index is 12.0. The lowest BCUT2D eigenvalue weighted by molar-refractivity contribution is -0.137. The van der Waals surface area contributed by atoms with E-state index in [4.69, 9.17) is 5.11 Å². The second-order valence-electron chi connectivity index (χ2n) is 6.11. The summed E-state index contributed by atoms with van der Waals surface area (Å²) in [4.78, 5) is 22.5. The Morgan fingerprint density at radius 1 is 1.04 bits per heavy atom. The monoisotopic (exact) mass is 370 g/mol. The van der Waals surface area contributed by atoms with Gasteiger partial charge in [-0.15, -0.1) is 0 Å². The van der Waals surface area contributed by atoms with Crippen LogP contribution in [0.2, 0.25) is 0 Å². The zero-order valence-electron chi connectivity index (χ0n) is 14.6. The molecular formula is C17H26N2O5S. The van der Waals surface area contributed by atoms with Crippen LogP contribution in [0.15, 0.2) is 29.2 Å². The van der Waals surface area contributed by atoms with E-state index in [9.17, 15) is 18.0 Å². The fourth-order valence-electron chi connectivity index (χ4n) is 2.22. The average molecular weight is 370 g/mol. The molecule has 0 atom stereocenters. The van der Waals surface area contributed by atoms with Crippen molar-refractivity contribution in [1.29, 1.82) is 0 Å². The number of carbonyl (C=O) groups is 2. The van der Waals surface area contributed by atoms with E-state index >= 15 is 0 Å². The Bertz CT molecular complexity index is 669. The number of amides is 1. The van der Waals surface area contributed by atoms with Gasteiger partial charge in [0, 0.05) is 24.6 Å². The Morgan fingerprint density at radius 3 is 2.20 bits per heavy atom. The van der Waals surface area contributed by atoms with E-state index < -0.39 is 16.0 Å². The molecule has 8 heteroatoms. The minimum Gasteiger partial charge on any atom is -0.481 e. The smallest absolute Gasteiger partial charge is 0.303 e. The molecule has 0 aliphatic heterocycles. The number of hydrogen-bond donors (Lipinski definition) is 3. The summed E-state index contributed by atoms with van der Waals surface area (Å²) in [5.74, 6) is -1.05. The molecule has 0 saturated carbocycles.